The van der Waals surface area contributed by atoms with Crippen LogP contribution in [0.1, 0.15) is 11.6 Å². The zero-order valence-electron chi connectivity index (χ0n) is 16.6. The van der Waals surface area contributed by atoms with E-state index in [9.17, 15) is 9.59 Å². The molecule has 1 saturated heterocycles. The van der Waals surface area contributed by atoms with Crippen LogP contribution in [0, 0.1) is 0 Å². The number of amides is 1. The van der Waals surface area contributed by atoms with Crippen molar-refractivity contribution in [3.05, 3.63) is 94.8 Å². The van der Waals surface area contributed by atoms with Gasteiger partial charge in [0.1, 0.15) is 17.2 Å². The van der Waals surface area contributed by atoms with Crippen LogP contribution in [-0.2, 0) is 4.79 Å². The number of nitrogens with zero attached hydrogens (tertiary/aromatic N) is 3. The van der Waals surface area contributed by atoms with Gasteiger partial charge >= 0.3 is 0 Å². The molecule has 2 heterocycles. The van der Waals surface area contributed by atoms with Crippen LogP contribution in [0.3, 0.4) is 0 Å². The first kappa shape index (κ1) is 19.3. The fraction of sp³-hybridized carbons (Fsp3) is 0.125. The van der Waals surface area contributed by atoms with Crippen molar-refractivity contribution < 1.29 is 9.53 Å². The summed E-state index contributed by atoms with van der Waals surface area (Å²) >= 11 is 6.44. The van der Waals surface area contributed by atoms with Crippen LogP contribution in [0.5, 0.6) is 5.75 Å². The lowest BCUT2D eigenvalue weighted by molar-refractivity contribution is -0.126. The SMILES string of the molecule is COc1cccc(C2C(Cl)C(=O)N2n2c(-c3ccccc3)nc3ccccc3c2=O)c1. The van der Waals surface area contributed by atoms with E-state index in [0.29, 0.717) is 22.5 Å². The third kappa shape index (κ3) is 3.07. The van der Waals surface area contributed by atoms with Gasteiger partial charge in [0.15, 0.2) is 5.82 Å². The predicted molar refractivity (Wildman–Crippen MR) is 120 cm³/mol. The minimum absolute atomic E-state index is 0.325. The molecule has 2 unspecified atom stereocenters. The highest BCUT2D eigenvalue weighted by Gasteiger charge is 2.50. The number of ether oxygens (including phenoxy) is 1. The largest absolute Gasteiger partial charge is 0.497 e. The molecule has 1 aromatic heterocycles. The Labute approximate surface area is 183 Å². The summed E-state index contributed by atoms with van der Waals surface area (Å²) in [5.41, 5.74) is 1.74. The summed E-state index contributed by atoms with van der Waals surface area (Å²) in [6.45, 7) is 0. The number of carbonyl (C=O) groups is 1. The van der Waals surface area contributed by atoms with Crippen molar-refractivity contribution >= 4 is 28.4 Å². The van der Waals surface area contributed by atoms with E-state index in [2.05, 4.69) is 0 Å². The number of rotatable bonds is 4. The number of halogens is 1. The molecule has 0 N–H and O–H groups in total. The molecule has 4 aromatic rings. The summed E-state index contributed by atoms with van der Waals surface area (Å²) in [6.07, 6.45) is 0. The molecule has 0 spiro atoms. The fourth-order valence-corrected chi connectivity index (χ4v) is 4.25. The van der Waals surface area contributed by atoms with Crippen LogP contribution in [0.25, 0.3) is 22.3 Å². The lowest BCUT2D eigenvalue weighted by Gasteiger charge is -2.45. The Morgan fingerprint density at radius 1 is 0.935 bits per heavy atom. The molecule has 1 fully saturated rings. The van der Waals surface area contributed by atoms with E-state index in [1.807, 2.05) is 60.7 Å². The van der Waals surface area contributed by atoms with Crippen molar-refractivity contribution in [2.75, 3.05) is 12.1 Å². The summed E-state index contributed by atoms with van der Waals surface area (Å²) in [5.74, 6) is 0.674. The number of fused-ring (bicyclic) bond motifs is 1. The summed E-state index contributed by atoms with van der Waals surface area (Å²) in [6, 6.07) is 23.2. The zero-order valence-corrected chi connectivity index (χ0v) is 17.4. The number of aromatic nitrogens is 2. The second-order valence-corrected chi connectivity index (χ2v) is 7.71. The van der Waals surface area contributed by atoms with Crippen molar-refractivity contribution in [2.45, 2.75) is 11.4 Å². The number of alkyl halides is 1. The standard InChI is InChI=1S/C24H18ClN3O3/c1-31-17-11-7-10-16(14-17)21-20(25)24(30)27(21)28-22(15-8-3-2-4-9-15)26-19-13-6-5-12-18(19)23(28)29/h2-14,20-21H,1H3. The van der Waals surface area contributed by atoms with Crippen LogP contribution in [0.4, 0.5) is 0 Å². The molecule has 1 aliphatic heterocycles. The van der Waals surface area contributed by atoms with E-state index in [1.54, 1.807) is 25.3 Å². The second kappa shape index (κ2) is 7.56. The van der Waals surface area contributed by atoms with Gasteiger partial charge in [0.2, 0.25) is 0 Å². The Bertz CT molecular complexity index is 1350. The van der Waals surface area contributed by atoms with Gasteiger partial charge in [-0.2, -0.15) is 4.68 Å². The third-order valence-corrected chi connectivity index (χ3v) is 5.86. The monoisotopic (exact) mass is 431 g/mol. The molecule has 6 nitrogen and oxygen atoms in total. The topological polar surface area (TPSA) is 64.4 Å². The van der Waals surface area contributed by atoms with E-state index >= 15 is 0 Å². The van der Waals surface area contributed by atoms with Gasteiger partial charge in [-0.3, -0.25) is 9.59 Å². The summed E-state index contributed by atoms with van der Waals surface area (Å²) in [7, 11) is 1.58. The average molecular weight is 432 g/mol. The minimum Gasteiger partial charge on any atom is -0.497 e. The first-order valence-electron chi connectivity index (χ1n) is 9.79. The summed E-state index contributed by atoms with van der Waals surface area (Å²) in [5, 5.41) is 1.03. The van der Waals surface area contributed by atoms with E-state index in [0.717, 1.165) is 11.1 Å². The highest BCUT2D eigenvalue weighted by atomic mass is 35.5. The predicted octanol–water partition coefficient (Wildman–Crippen LogP) is 3.90. The van der Waals surface area contributed by atoms with Gasteiger partial charge in [-0.25, -0.2) is 9.99 Å². The van der Waals surface area contributed by atoms with Crippen LogP contribution < -0.4 is 15.3 Å². The molecule has 5 rings (SSSR count). The Morgan fingerprint density at radius 2 is 1.68 bits per heavy atom. The maximum absolute atomic E-state index is 13.6. The van der Waals surface area contributed by atoms with Crippen LogP contribution in [-0.4, -0.2) is 28.1 Å². The molecule has 154 valence electrons. The highest BCUT2D eigenvalue weighted by Crippen LogP contribution is 2.39. The maximum atomic E-state index is 13.6. The molecule has 1 amide bonds. The van der Waals surface area contributed by atoms with Crippen molar-refractivity contribution in [1.29, 1.82) is 0 Å². The van der Waals surface area contributed by atoms with E-state index in [-0.39, 0.29) is 11.5 Å². The zero-order chi connectivity index (χ0) is 21.5. The van der Waals surface area contributed by atoms with E-state index in [1.165, 1.54) is 9.69 Å². The van der Waals surface area contributed by atoms with Crippen LogP contribution >= 0.6 is 11.6 Å². The molecule has 7 heteroatoms. The Morgan fingerprint density at radius 3 is 2.45 bits per heavy atom. The molecule has 1 aliphatic rings. The van der Waals surface area contributed by atoms with Gasteiger partial charge in [-0.15, -0.1) is 11.6 Å². The molecule has 3 aromatic carbocycles. The Balaban J connectivity index is 1.76. The Hall–Kier alpha value is -3.64. The smallest absolute Gasteiger partial charge is 0.280 e. The first-order chi connectivity index (χ1) is 15.1. The number of benzene rings is 3. The van der Waals surface area contributed by atoms with Crippen molar-refractivity contribution in [3.8, 4) is 17.1 Å². The second-order valence-electron chi connectivity index (χ2n) is 7.24. The van der Waals surface area contributed by atoms with Gasteiger partial charge < -0.3 is 4.74 Å². The van der Waals surface area contributed by atoms with Gasteiger partial charge in [0.05, 0.1) is 18.0 Å². The number of methoxy groups -OCH3 is 1. The normalized spacial score (nSPS) is 18.1. The third-order valence-electron chi connectivity index (χ3n) is 5.44. The quantitative estimate of drug-likeness (QED) is 0.363. The molecule has 0 saturated carbocycles. The van der Waals surface area contributed by atoms with Gasteiger partial charge in [0, 0.05) is 5.56 Å². The van der Waals surface area contributed by atoms with E-state index in [4.69, 9.17) is 21.3 Å². The first-order valence-corrected chi connectivity index (χ1v) is 10.2. The molecule has 0 aliphatic carbocycles. The number of para-hydroxylation sites is 1. The molecule has 31 heavy (non-hydrogen) atoms. The lowest BCUT2D eigenvalue weighted by atomic mass is 9.95. The van der Waals surface area contributed by atoms with Crippen molar-refractivity contribution in [3.63, 3.8) is 0 Å². The molecular weight excluding hydrogens is 414 g/mol. The summed E-state index contributed by atoms with van der Waals surface area (Å²) < 4.78 is 6.67. The van der Waals surface area contributed by atoms with Crippen LogP contribution in [0.2, 0.25) is 0 Å². The van der Waals surface area contributed by atoms with Gasteiger partial charge in [-0.1, -0.05) is 54.6 Å². The lowest BCUT2D eigenvalue weighted by Crippen LogP contribution is -2.64. The van der Waals surface area contributed by atoms with Crippen molar-refractivity contribution in [2.24, 2.45) is 0 Å². The number of β-lactam (4-membered cyclic amide) rings is 1. The number of carbonyl (C=O) groups excluding carboxylic acids is 1. The Kier molecular flexibility index (Phi) is 4.71. The highest BCUT2D eigenvalue weighted by molar-refractivity contribution is 6.36. The maximum Gasteiger partial charge on any atom is 0.280 e. The van der Waals surface area contributed by atoms with Gasteiger partial charge in [-0.05, 0) is 29.8 Å². The van der Waals surface area contributed by atoms with Crippen molar-refractivity contribution in [1.82, 2.24) is 9.66 Å². The average Bonchev–Trinajstić information content (AvgIpc) is 2.83. The summed E-state index contributed by atoms with van der Waals surface area (Å²) in [4.78, 5) is 31.2. The van der Waals surface area contributed by atoms with Crippen LogP contribution in [0.15, 0.2) is 83.7 Å². The molecule has 0 bridgehead atoms. The number of hydrogen-bond acceptors (Lipinski definition) is 4. The molecule has 2 atom stereocenters. The fourth-order valence-electron chi connectivity index (χ4n) is 3.90. The number of hydrogen-bond donors (Lipinski definition) is 0. The minimum atomic E-state index is -0.797. The van der Waals surface area contributed by atoms with Gasteiger partial charge in [0.25, 0.3) is 11.5 Å². The molecular formula is C24H18ClN3O3. The molecule has 0 radical (unpaired) electrons. The van der Waals surface area contributed by atoms with E-state index < -0.39 is 11.4 Å².